The summed E-state index contributed by atoms with van der Waals surface area (Å²) < 4.78 is 37.8. The summed E-state index contributed by atoms with van der Waals surface area (Å²) in [7, 11) is 1.46. The fourth-order valence-electron chi connectivity index (χ4n) is 1.42. The summed E-state index contributed by atoms with van der Waals surface area (Å²) in [5.41, 5.74) is -0.982. The summed E-state index contributed by atoms with van der Waals surface area (Å²) in [6, 6.07) is 0.882. The van der Waals surface area contributed by atoms with E-state index < -0.39 is 11.9 Å². The molecule has 108 valence electrons. The highest BCUT2D eigenvalue weighted by Gasteiger charge is 2.33. The highest BCUT2D eigenvalue weighted by molar-refractivity contribution is 5.42. The third kappa shape index (κ3) is 5.29. The van der Waals surface area contributed by atoms with E-state index in [1.165, 1.54) is 7.05 Å². The second-order valence-corrected chi connectivity index (χ2v) is 3.92. The molecule has 0 atom stereocenters. The molecule has 3 N–H and O–H groups in total. The fourth-order valence-corrected chi connectivity index (χ4v) is 1.42. The number of nitrogens with zero attached hydrogens (tertiary/aromatic N) is 2. The molecule has 1 heterocycles. The minimum atomic E-state index is -4.50. The quantitative estimate of drug-likeness (QED) is 0.666. The number of hydrogen-bond donors (Lipinski definition) is 3. The first kappa shape index (κ1) is 15.5. The summed E-state index contributed by atoms with van der Waals surface area (Å²) in [5, 5.41) is 13.9. The van der Waals surface area contributed by atoms with Crippen molar-refractivity contribution in [1.82, 2.24) is 9.97 Å². The van der Waals surface area contributed by atoms with Gasteiger partial charge in [0.25, 0.3) is 0 Å². The number of hydrogen-bond acceptors (Lipinski definition) is 5. The van der Waals surface area contributed by atoms with Crippen molar-refractivity contribution in [2.75, 3.05) is 30.8 Å². The minimum absolute atomic E-state index is 0.0762. The van der Waals surface area contributed by atoms with Crippen molar-refractivity contribution in [3.05, 3.63) is 11.8 Å². The van der Waals surface area contributed by atoms with Gasteiger partial charge in [-0.05, 0) is 19.3 Å². The largest absolute Gasteiger partial charge is 0.433 e. The first-order valence-corrected chi connectivity index (χ1v) is 5.96. The molecule has 0 radical (unpaired) electrons. The van der Waals surface area contributed by atoms with Crippen LogP contribution in [0.15, 0.2) is 6.07 Å². The van der Waals surface area contributed by atoms with E-state index in [9.17, 15) is 13.2 Å². The normalized spacial score (nSPS) is 11.4. The van der Waals surface area contributed by atoms with E-state index in [1.807, 2.05) is 0 Å². The van der Waals surface area contributed by atoms with Gasteiger partial charge in [0.2, 0.25) is 5.95 Å². The van der Waals surface area contributed by atoms with E-state index in [4.69, 9.17) is 5.11 Å². The Morgan fingerprint density at radius 3 is 2.53 bits per heavy atom. The topological polar surface area (TPSA) is 70.1 Å². The molecule has 1 rings (SSSR count). The number of rotatable bonds is 7. The van der Waals surface area contributed by atoms with Crippen molar-refractivity contribution >= 4 is 11.8 Å². The Hall–Kier alpha value is -1.57. The van der Waals surface area contributed by atoms with Gasteiger partial charge in [0.1, 0.15) is 5.82 Å². The SMILES string of the molecule is CNc1nc(NCCCCCO)cc(C(F)(F)F)n1. The smallest absolute Gasteiger partial charge is 0.396 e. The predicted octanol–water partition coefficient (Wildman–Crippen LogP) is 2.11. The summed E-state index contributed by atoms with van der Waals surface area (Å²) >= 11 is 0. The highest BCUT2D eigenvalue weighted by Crippen LogP contribution is 2.29. The van der Waals surface area contributed by atoms with Crippen molar-refractivity contribution in [1.29, 1.82) is 0 Å². The van der Waals surface area contributed by atoms with Crippen LogP contribution in [0, 0.1) is 0 Å². The number of unbranched alkanes of at least 4 members (excludes halogenated alkanes) is 2. The molecule has 0 aromatic carbocycles. The molecule has 1 aromatic heterocycles. The molecule has 0 spiro atoms. The number of nitrogens with one attached hydrogen (secondary N) is 2. The molecule has 0 aliphatic carbocycles. The number of aliphatic hydroxyl groups is 1. The summed E-state index contributed by atoms with van der Waals surface area (Å²) in [6.07, 6.45) is -2.26. The van der Waals surface area contributed by atoms with Crippen molar-refractivity contribution < 1.29 is 18.3 Å². The second-order valence-electron chi connectivity index (χ2n) is 3.92. The number of aromatic nitrogens is 2. The van der Waals surface area contributed by atoms with Crippen molar-refractivity contribution in [3.8, 4) is 0 Å². The Labute approximate surface area is 109 Å². The third-order valence-corrected chi connectivity index (χ3v) is 2.38. The maximum Gasteiger partial charge on any atom is 0.433 e. The number of aliphatic hydroxyl groups excluding tert-OH is 1. The molecule has 0 bridgehead atoms. The van der Waals surface area contributed by atoms with E-state index in [2.05, 4.69) is 20.6 Å². The lowest BCUT2D eigenvalue weighted by molar-refractivity contribution is -0.141. The molecule has 0 saturated carbocycles. The Kier molecular flexibility index (Phi) is 5.81. The Morgan fingerprint density at radius 1 is 1.21 bits per heavy atom. The maximum absolute atomic E-state index is 12.6. The van der Waals surface area contributed by atoms with Crippen molar-refractivity contribution in [3.63, 3.8) is 0 Å². The summed E-state index contributed by atoms with van der Waals surface area (Å²) in [4.78, 5) is 7.26. The van der Waals surface area contributed by atoms with E-state index in [0.29, 0.717) is 13.0 Å². The third-order valence-electron chi connectivity index (χ3n) is 2.38. The Balaban J connectivity index is 2.67. The molecule has 0 saturated heterocycles. The average Bonchev–Trinajstić information content (AvgIpc) is 2.37. The summed E-state index contributed by atoms with van der Waals surface area (Å²) in [6.45, 7) is 0.618. The van der Waals surface area contributed by atoms with Gasteiger partial charge in [-0.25, -0.2) is 4.98 Å². The average molecular weight is 278 g/mol. The van der Waals surface area contributed by atoms with Crippen molar-refractivity contribution in [2.24, 2.45) is 0 Å². The zero-order chi connectivity index (χ0) is 14.3. The molecule has 0 aliphatic heterocycles. The zero-order valence-electron chi connectivity index (χ0n) is 10.6. The highest BCUT2D eigenvalue weighted by atomic mass is 19.4. The molecular formula is C11H17F3N4O. The Bertz CT molecular complexity index is 398. The molecule has 5 nitrogen and oxygen atoms in total. The van der Waals surface area contributed by atoms with Crippen LogP contribution in [-0.2, 0) is 6.18 Å². The Morgan fingerprint density at radius 2 is 1.95 bits per heavy atom. The van der Waals surface area contributed by atoms with Gasteiger partial charge in [-0.2, -0.15) is 18.2 Å². The number of alkyl halides is 3. The zero-order valence-corrected chi connectivity index (χ0v) is 10.6. The van der Waals surface area contributed by atoms with Crippen LogP contribution in [-0.4, -0.2) is 35.3 Å². The number of halogens is 3. The van der Waals surface area contributed by atoms with Crippen LogP contribution in [0.25, 0.3) is 0 Å². The van der Waals surface area contributed by atoms with Gasteiger partial charge in [-0.15, -0.1) is 0 Å². The van der Waals surface area contributed by atoms with Crippen LogP contribution < -0.4 is 10.6 Å². The van der Waals surface area contributed by atoms with Gasteiger partial charge >= 0.3 is 6.18 Å². The van der Waals surface area contributed by atoms with E-state index >= 15 is 0 Å². The standard InChI is InChI=1S/C11H17F3N4O/c1-15-10-17-8(11(12,13)14)7-9(18-10)16-5-3-2-4-6-19/h7,19H,2-6H2,1H3,(H2,15,16,17,18). The van der Waals surface area contributed by atoms with Crippen LogP contribution in [0.4, 0.5) is 24.9 Å². The molecule has 19 heavy (non-hydrogen) atoms. The van der Waals surface area contributed by atoms with Crippen LogP contribution in [0.1, 0.15) is 25.0 Å². The van der Waals surface area contributed by atoms with Gasteiger partial charge in [-0.3, -0.25) is 0 Å². The van der Waals surface area contributed by atoms with Gasteiger partial charge in [-0.1, -0.05) is 0 Å². The molecule has 0 unspecified atom stereocenters. The van der Waals surface area contributed by atoms with Gasteiger partial charge < -0.3 is 15.7 Å². The lowest BCUT2D eigenvalue weighted by atomic mass is 10.2. The first-order valence-electron chi connectivity index (χ1n) is 5.96. The van der Waals surface area contributed by atoms with Crippen LogP contribution in [0.5, 0.6) is 0 Å². The maximum atomic E-state index is 12.6. The van der Waals surface area contributed by atoms with Gasteiger partial charge in [0.05, 0.1) is 0 Å². The molecular weight excluding hydrogens is 261 g/mol. The van der Waals surface area contributed by atoms with Crippen LogP contribution in [0.2, 0.25) is 0 Å². The minimum Gasteiger partial charge on any atom is -0.396 e. The lowest BCUT2D eigenvalue weighted by Crippen LogP contribution is -2.13. The molecule has 0 fully saturated rings. The van der Waals surface area contributed by atoms with Gasteiger partial charge in [0, 0.05) is 26.3 Å². The van der Waals surface area contributed by atoms with Crippen LogP contribution >= 0.6 is 0 Å². The lowest BCUT2D eigenvalue weighted by Gasteiger charge is -2.11. The van der Waals surface area contributed by atoms with E-state index in [1.54, 1.807) is 0 Å². The predicted molar refractivity (Wildman–Crippen MR) is 66.0 cm³/mol. The van der Waals surface area contributed by atoms with E-state index in [0.717, 1.165) is 18.9 Å². The van der Waals surface area contributed by atoms with Crippen LogP contribution in [0.3, 0.4) is 0 Å². The fraction of sp³-hybridized carbons (Fsp3) is 0.636. The monoisotopic (exact) mass is 278 g/mol. The van der Waals surface area contributed by atoms with Crippen molar-refractivity contribution in [2.45, 2.75) is 25.4 Å². The van der Waals surface area contributed by atoms with E-state index in [-0.39, 0.29) is 18.4 Å². The second kappa shape index (κ2) is 7.13. The molecule has 8 heteroatoms. The first-order chi connectivity index (χ1) is 8.97. The molecule has 0 aliphatic rings. The van der Waals surface area contributed by atoms with Gasteiger partial charge in [0.15, 0.2) is 5.69 Å². The molecule has 0 amide bonds. The summed E-state index contributed by atoms with van der Waals surface area (Å²) in [5.74, 6) is 0.0587. The number of anilines is 2. The molecule has 1 aromatic rings.